The molecule has 2 amide bonds. The highest BCUT2D eigenvalue weighted by Gasteiger charge is 2.35. The number of anilines is 2. The molecule has 8 heteroatoms. The van der Waals surface area contributed by atoms with Crippen molar-refractivity contribution in [2.45, 2.75) is 33.1 Å². The van der Waals surface area contributed by atoms with Crippen LogP contribution in [-0.4, -0.2) is 41.8 Å². The highest BCUT2D eigenvalue weighted by molar-refractivity contribution is 7.15. The van der Waals surface area contributed by atoms with Crippen LogP contribution in [0.1, 0.15) is 30.8 Å². The quantitative estimate of drug-likeness (QED) is 0.703. The van der Waals surface area contributed by atoms with Crippen LogP contribution in [0.2, 0.25) is 0 Å². The van der Waals surface area contributed by atoms with Crippen molar-refractivity contribution in [3.05, 3.63) is 34.8 Å². The van der Waals surface area contributed by atoms with Crippen molar-refractivity contribution in [1.29, 1.82) is 0 Å². The second kappa shape index (κ2) is 9.05. The topological polar surface area (TPSA) is 84.4 Å². The minimum atomic E-state index is -0.390. The fourth-order valence-electron chi connectivity index (χ4n) is 2.96. The van der Waals surface area contributed by atoms with E-state index in [2.05, 4.69) is 22.4 Å². The largest absolute Gasteiger partial charge is 0.381 e. The number of hydrogen-bond acceptors (Lipinski definition) is 6. The molecular weight excluding hydrogens is 364 g/mol. The van der Waals surface area contributed by atoms with Crippen LogP contribution in [0.4, 0.5) is 10.8 Å². The van der Waals surface area contributed by atoms with E-state index in [9.17, 15) is 9.59 Å². The van der Waals surface area contributed by atoms with E-state index in [1.54, 1.807) is 4.90 Å². The van der Waals surface area contributed by atoms with E-state index in [1.807, 2.05) is 31.2 Å². The summed E-state index contributed by atoms with van der Waals surface area (Å²) in [5.41, 5.74) is 2.05. The zero-order valence-electron chi connectivity index (χ0n) is 15.6. The third-order valence-electron chi connectivity index (χ3n) is 4.51. The van der Waals surface area contributed by atoms with Gasteiger partial charge in [-0.25, -0.2) is 0 Å². The van der Waals surface area contributed by atoms with Crippen molar-refractivity contribution >= 4 is 34.0 Å². The summed E-state index contributed by atoms with van der Waals surface area (Å²) in [5, 5.41) is 12.1. The number of hydrogen-bond donors (Lipinski definition) is 1. The third kappa shape index (κ3) is 4.90. The zero-order valence-corrected chi connectivity index (χ0v) is 16.4. The average Bonchev–Trinajstić information content (AvgIpc) is 3.28. The number of rotatable bonds is 8. The number of aromatic nitrogens is 2. The molecule has 0 unspecified atom stereocenters. The Kier molecular flexibility index (Phi) is 6.52. The molecule has 7 nitrogen and oxygen atoms in total. The summed E-state index contributed by atoms with van der Waals surface area (Å²) in [6.45, 7) is 5.66. The van der Waals surface area contributed by atoms with Gasteiger partial charge in [-0.1, -0.05) is 30.4 Å². The fraction of sp³-hybridized carbons (Fsp3) is 0.474. The summed E-state index contributed by atoms with van der Waals surface area (Å²) >= 11 is 1.34. The third-order valence-corrected chi connectivity index (χ3v) is 5.41. The Labute approximate surface area is 162 Å². The molecule has 2 heterocycles. The standard InChI is InChI=1S/C19H24N4O3S/c1-3-13-5-7-15(8-6-13)23-12-14(11-17(23)24)18(25)20-19-22-21-16(27-19)9-10-26-4-2/h5-8,14H,3-4,9-12H2,1-2H3,(H,20,22,25)/t14-/m1/s1. The van der Waals surface area contributed by atoms with Crippen LogP contribution in [0.5, 0.6) is 0 Å². The molecule has 1 fully saturated rings. The molecule has 3 rings (SSSR count). The minimum absolute atomic E-state index is 0.0333. The first-order chi connectivity index (χ1) is 13.1. The van der Waals surface area contributed by atoms with Crippen LogP contribution >= 0.6 is 11.3 Å². The Morgan fingerprint density at radius 2 is 2.07 bits per heavy atom. The maximum atomic E-state index is 12.5. The van der Waals surface area contributed by atoms with Gasteiger partial charge in [-0.3, -0.25) is 9.59 Å². The molecule has 0 saturated carbocycles. The van der Waals surface area contributed by atoms with E-state index in [1.165, 1.54) is 16.9 Å². The number of nitrogens with one attached hydrogen (secondary N) is 1. The summed E-state index contributed by atoms with van der Waals surface area (Å²) in [4.78, 5) is 26.6. The number of amides is 2. The molecule has 0 aliphatic carbocycles. The Balaban J connectivity index is 1.57. The second-order valence-electron chi connectivity index (χ2n) is 6.36. The van der Waals surface area contributed by atoms with Crippen molar-refractivity contribution in [3.63, 3.8) is 0 Å². The molecule has 1 aliphatic rings. The first kappa shape index (κ1) is 19.4. The summed E-state index contributed by atoms with van der Waals surface area (Å²) in [5.74, 6) is -0.614. The highest BCUT2D eigenvalue weighted by atomic mass is 32.1. The SMILES string of the molecule is CCOCCc1nnc(NC(=O)[C@@H]2CC(=O)N(c3ccc(CC)cc3)C2)s1. The summed E-state index contributed by atoms with van der Waals surface area (Å²) in [6.07, 6.45) is 1.83. The van der Waals surface area contributed by atoms with Crippen LogP contribution < -0.4 is 10.2 Å². The predicted molar refractivity (Wildman–Crippen MR) is 105 cm³/mol. The van der Waals surface area contributed by atoms with Gasteiger partial charge in [0.25, 0.3) is 0 Å². The van der Waals surface area contributed by atoms with Gasteiger partial charge in [-0.05, 0) is 31.0 Å². The molecule has 0 bridgehead atoms. The molecule has 1 aromatic heterocycles. The van der Waals surface area contributed by atoms with Crippen LogP contribution in [0.15, 0.2) is 24.3 Å². The van der Waals surface area contributed by atoms with Gasteiger partial charge in [0.1, 0.15) is 5.01 Å². The molecule has 1 N–H and O–H groups in total. The van der Waals surface area contributed by atoms with Crippen LogP contribution in [0.3, 0.4) is 0 Å². The molecule has 1 aromatic carbocycles. The lowest BCUT2D eigenvalue weighted by Crippen LogP contribution is -2.28. The molecule has 0 spiro atoms. The van der Waals surface area contributed by atoms with Crippen molar-refractivity contribution in [2.24, 2.45) is 5.92 Å². The van der Waals surface area contributed by atoms with Crippen molar-refractivity contribution in [1.82, 2.24) is 10.2 Å². The highest BCUT2D eigenvalue weighted by Crippen LogP contribution is 2.27. The number of nitrogens with zero attached hydrogens (tertiary/aromatic N) is 3. The Morgan fingerprint density at radius 1 is 1.30 bits per heavy atom. The second-order valence-corrected chi connectivity index (χ2v) is 7.42. The lowest BCUT2D eigenvalue weighted by Gasteiger charge is -2.17. The van der Waals surface area contributed by atoms with Crippen LogP contribution in [0.25, 0.3) is 0 Å². The van der Waals surface area contributed by atoms with Crippen LogP contribution in [-0.2, 0) is 27.2 Å². The lowest BCUT2D eigenvalue weighted by molar-refractivity contribution is -0.122. The van der Waals surface area contributed by atoms with Gasteiger partial charge in [0.2, 0.25) is 16.9 Å². The molecule has 1 aliphatic heterocycles. The number of ether oxygens (including phenoxy) is 1. The van der Waals surface area contributed by atoms with Gasteiger partial charge >= 0.3 is 0 Å². The molecule has 2 aromatic rings. The molecular formula is C19H24N4O3S. The Bertz CT molecular complexity index is 791. The number of aryl methyl sites for hydroxylation is 1. The molecule has 0 radical (unpaired) electrons. The van der Waals surface area contributed by atoms with Gasteiger partial charge in [-0.2, -0.15) is 0 Å². The minimum Gasteiger partial charge on any atom is -0.381 e. The van der Waals surface area contributed by atoms with E-state index in [0.717, 1.165) is 17.1 Å². The van der Waals surface area contributed by atoms with E-state index in [0.29, 0.717) is 31.3 Å². The first-order valence-electron chi connectivity index (χ1n) is 9.21. The number of benzene rings is 1. The maximum absolute atomic E-state index is 12.5. The number of carbonyl (C=O) groups excluding carboxylic acids is 2. The Hall–Kier alpha value is -2.32. The van der Waals surface area contributed by atoms with E-state index < -0.39 is 0 Å². The molecule has 144 valence electrons. The molecule has 1 saturated heterocycles. The summed E-state index contributed by atoms with van der Waals surface area (Å²) in [6, 6.07) is 7.90. The lowest BCUT2D eigenvalue weighted by atomic mass is 10.1. The normalized spacial score (nSPS) is 16.7. The number of carbonyl (C=O) groups is 2. The first-order valence-corrected chi connectivity index (χ1v) is 10.0. The summed E-state index contributed by atoms with van der Waals surface area (Å²) < 4.78 is 5.30. The van der Waals surface area contributed by atoms with Gasteiger partial charge < -0.3 is 15.0 Å². The predicted octanol–water partition coefficient (Wildman–Crippen LogP) is 2.67. The van der Waals surface area contributed by atoms with Gasteiger partial charge in [0, 0.05) is 31.7 Å². The summed E-state index contributed by atoms with van der Waals surface area (Å²) in [7, 11) is 0. The molecule has 27 heavy (non-hydrogen) atoms. The van der Waals surface area contributed by atoms with Gasteiger partial charge in [0.05, 0.1) is 12.5 Å². The smallest absolute Gasteiger partial charge is 0.231 e. The Morgan fingerprint density at radius 3 is 2.78 bits per heavy atom. The average molecular weight is 388 g/mol. The fourth-order valence-corrected chi connectivity index (χ4v) is 3.68. The van der Waals surface area contributed by atoms with Crippen molar-refractivity contribution in [2.75, 3.05) is 30.0 Å². The molecule has 1 atom stereocenters. The van der Waals surface area contributed by atoms with E-state index in [4.69, 9.17) is 4.74 Å². The van der Waals surface area contributed by atoms with Crippen LogP contribution in [0, 0.1) is 5.92 Å². The van der Waals surface area contributed by atoms with E-state index in [-0.39, 0.29) is 24.2 Å². The van der Waals surface area contributed by atoms with Crippen molar-refractivity contribution < 1.29 is 14.3 Å². The maximum Gasteiger partial charge on any atom is 0.231 e. The zero-order chi connectivity index (χ0) is 19.2. The van der Waals surface area contributed by atoms with Gasteiger partial charge in [0.15, 0.2) is 0 Å². The van der Waals surface area contributed by atoms with Gasteiger partial charge in [-0.15, -0.1) is 10.2 Å². The monoisotopic (exact) mass is 388 g/mol. The van der Waals surface area contributed by atoms with Crippen molar-refractivity contribution in [3.8, 4) is 0 Å². The van der Waals surface area contributed by atoms with E-state index >= 15 is 0 Å².